The fraction of sp³-hybridized carbons (Fsp3) is 0.316. The van der Waals surface area contributed by atoms with Crippen LogP contribution in [0.25, 0.3) is 0 Å². The van der Waals surface area contributed by atoms with Crippen LogP contribution in [0.4, 0.5) is 24.7 Å². The number of nitro benzene ring substituents is 1. The van der Waals surface area contributed by atoms with E-state index in [1.165, 1.54) is 17.0 Å². The molecule has 31 heavy (non-hydrogen) atoms. The zero-order chi connectivity index (χ0) is 22.8. The van der Waals surface area contributed by atoms with Crippen molar-refractivity contribution in [1.82, 2.24) is 9.88 Å². The van der Waals surface area contributed by atoms with Crippen molar-refractivity contribution >= 4 is 23.4 Å². The summed E-state index contributed by atoms with van der Waals surface area (Å²) >= 11 is 0. The number of methoxy groups -OCH3 is 1. The Balaban J connectivity index is 1.72. The summed E-state index contributed by atoms with van der Waals surface area (Å²) in [6.07, 6.45) is -3.72. The van der Waals surface area contributed by atoms with Gasteiger partial charge in [0.25, 0.3) is 11.6 Å². The van der Waals surface area contributed by atoms with Gasteiger partial charge in [-0.3, -0.25) is 14.9 Å². The van der Waals surface area contributed by atoms with Crippen molar-refractivity contribution in [1.29, 1.82) is 0 Å². The predicted octanol–water partition coefficient (Wildman–Crippen LogP) is 2.76. The number of piperazine rings is 1. The molecule has 1 aromatic carbocycles. The smallest absolute Gasteiger partial charge is 0.417 e. The SMILES string of the molecule is COC(=O)c1cc(C(=O)N2CCN(c3ccc(C(F)(F)F)cn3)CC2)cc([N+](=O)[O-])c1. The Labute approximate surface area is 174 Å². The minimum absolute atomic E-state index is 0.0318. The van der Waals surface area contributed by atoms with Crippen molar-refractivity contribution in [2.24, 2.45) is 0 Å². The van der Waals surface area contributed by atoms with Crippen LogP contribution in [-0.4, -0.2) is 60.0 Å². The third-order valence-corrected chi connectivity index (χ3v) is 4.76. The lowest BCUT2D eigenvalue weighted by atomic mass is 10.1. The van der Waals surface area contributed by atoms with E-state index in [1.54, 1.807) is 4.90 Å². The van der Waals surface area contributed by atoms with E-state index in [2.05, 4.69) is 9.72 Å². The number of aromatic nitrogens is 1. The third-order valence-electron chi connectivity index (χ3n) is 4.76. The van der Waals surface area contributed by atoms with Crippen LogP contribution in [0.2, 0.25) is 0 Å². The summed E-state index contributed by atoms with van der Waals surface area (Å²) in [5.74, 6) is -0.965. The fourth-order valence-corrected chi connectivity index (χ4v) is 3.14. The minimum atomic E-state index is -4.47. The highest BCUT2D eigenvalue weighted by Gasteiger charge is 2.31. The van der Waals surface area contributed by atoms with Crippen LogP contribution < -0.4 is 4.90 Å². The first-order valence-electron chi connectivity index (χ1n) is 9.05. The van der Waals surface area contributed by atoms with Crippen LogP contribution in [0.5, 0.6) is 0 Å². The molecule has 0 unspecified atom stereocenters. The molecule has 0 aliphatic carbocycles. The molecule has 0 atom stereocenters. The largest absolute Gasteiger partial charge is 0.465 e. The Bertz CT molecular complexity index is 1000. The second-order valence-electron chi connectivity index (χ2n) is 6.70. The average molecular weight is 438 g/mol. The van der Waals surface area contributed by atoms with Crippen LogP contribution in [0.3, 0.4) is 0 Å². The van der Waals surface area contributed by atoms with Crippen molar-refractivity contribution in [3.8, 4) is 0 Å². The predicted molar refractivity (Wildman–Crippen MR) is 102 cm³/mol. The number of benzene rings is 1. The van der Waals surface area contributed by atoms with Gasteiger partial charge in [-0.1, -0.05) is 0 Å². The maximum atomic E-state index is 12.8. The summed E-state index contributed by atoms with van der Waals surface area (Å²) < 4.78 is 42.6. The number of ether oxygens (including phenoxy) is 1. The lowest BCUT2D eigenvalue weighted by Gasteiger charge is -2.35. The van der Waals surface area contributed by atoms with E-state index >= 15 is 0 Å². The van der Waals surface area contributed by atoms with Crippen molar-refractivity contribution < 1.29 is 32.4 Å². The second kappa shape index (κ2) is 8.58. The first-order chi connectivity index (χ1) is 14.6. The topological polar surface area (TPSA) is 106 Å². The highest BCUT2D eigenvalue weighted by atomic mass is 19.4. The number of esters is 1. The maximum absolute atomic E-state index is 12.8. The summed E-state index contributed by atoms with van der Waals surface area (Å²) in [6, 6.07) is 5.54. The minimum Gasteiger partial charge on any atom is -0.465 e. The highest BCUT2D eigenvalue weighted by Crippen LogP contribution is 2.29. The maximum Gasteiger partial charge on any atom is 0.417 e. The number of hydrogen-bond acceptors (Lipinski definition) is 7. The van der Waals surface area contributed by atoms with Crippen LogP contribution in [0.1, 0.15) is 26.3 Å². The number of non-ortho nitro benzene ring substituents is 1. The third kappa shape index (κ3) is 4.90. The molecule has 9 nitrogen and oxygen atoms in total. The first-order valence-corrected chi connectivity index (χ1v) is 9.05. The van der Waals surface area contributed by atoms with E-state index in [1.807, 2.05) is 0 Å². The van der Waals surface area contributed by atoms with Gasteiger partial charge in [-0.15, -0.1) is 0 Å². The van der Waals surface area contributed by atoms with Gasteiger partial charge in [0.15, 0.2) is 0 Å². The molecule has 1 saturated heterocycles. The summed E-state index contributed by atoms with van der Waals surface area (Å²) in [7, 11) is 1.12. The summed E-state index contributed by atoms with van der Waals surface area (Å²) in [6.45, 7) is 1.06. The van der Waals surface area contributed by atoms with Gasteiger partial charge in [0.05, 0.1) is 23.2 Å². The summed E-state index contributed by atoms with van der Waals surface area (Å²) in [5, 5.41) is 11.1. The van der Waals surface area contributed by atoms with E-state index in [9.17, 15) is 32.9 Å². The number of amides is 1. The quantitative estimate of drug-likeness (QED) is 0.411. The molecule has 12 heteroatoms. The van der Waals surface area contributed by atoms with Gasteiger partial charge >= 0.3 is 12.1 Å². The monoisotopic (exact) mass is 438 g/mol. The normalized spacial score (nSPS) is 14.3. The Kier molecular flexibility index (Phi) is 6.09. The Morgan fingerprint density at radius 3 is 2.26 bits per heavy atom. The second-order valence-corrected chi connectivity index (χ2v) is 6.70. The molecule has 0 N–H and O–H groups in total. The van der Waals surface area contributed by atoms with Crippen LogP contribution >= 0.6 is 0 Å². The number of anilines is 1. The molecule has 0 bridgehead atoms. The highest BCUT2D eigenvalue weighted by molar-refractivity contribution is 5.99. The first kappa shape index (κ1) is 22.0. The van der Waals surface area contributed by atoms with E-state index in [0.717, 1.165) is 31.5 Å². The molecule has 3 rings (SSSR count). The number of nitrogens with zero attached hydrogens (tertiary/aromatic N) is 4. The van der Waals surface area contributed by atoms with Crippen molar-refractivity contribution in [3.05, 3.63) is 63.3 Å². The standard InChI is InChI=1S/C19H17F3N4O5/c1-31-18(28)13-8-12(9-15(10-13)26(29)30)17(27)25-6-4-24(5-7-25)16-3-2-14(11-23-16)19(20,21)22/h2-3,8-11H,4-7H2,1H3. The number of nitro groups is 1. The molecule has 1 aliphatic heterocycles. The van der Waals surface area contributed by atoms with Crippen LogP contribution in [0.15, 0.2) is 36.5 Å². The number of carbonyl (C=O) groups excluding carboxylic acids is 2. The van der Waals surface area contributed by atoms with Gasteiger partial charge in [0, 0.05) is 50.1 Å². The van der Waals surface area contributed by atoms with Gasteiger partial charge in [-0.25, -0.2) is 9.78 Å². The van der Waals surface area contributed by atoms with Gasteiger partial charge in [-0.05, 0) is 18.2 Å². The van der Waals surface area contributed by atoms with Crippen LogP contribution in [0, 0.1) is 10.1 Å². The van der Waals surface area contributed by atoms with Crippen molar-refractivity contribution in [2.75, 3.05) is 38.2 Å². The van der Waals surface area contributed by atoms with Gasteiger partial charge in [0.2, 0.25) is 0 Å². The molecule has 0 spiro atoms. The molecule has 1 aromatic heterocycles. The molecule has 1 fully saturated rings. The van der Waals surface area contributed by atoms with E-state index in [4.69, 9.17) is 0 Å². The van der Waals surface area contributed by atoms with Gasteiger partial charge < -0.3 is 14.5 Å². The molecular weight excluding hydrogens is 421 g/mol. The molecule has 1 amide bonds. The molecular formula is C19H17F3N4O5. The Morgan fingerprint density at radius 2 is 1.74 bits per heavy atom. The molecule has 164 valence electrons. The molecule has 0 saturated carbocycles. The number of carbonyl (C=O) groups is 2. The molecule has 0 radical (unpaired) electrons. The number of alkyl halides is 3. The molecule has 1 aliphatic rings. The van der Waals surface area contributed by atoms with Crippen molar-refractivity contribution in [2.45, 2.75) is 6.18 Å². The van der Waals surface area contributed by atoms with E-state index in [0.29, 0.717) is 18.9 Å². The Morgan fingerprint density at radius 1 is 1.10 bits per heavy atom. The number of halogens is 3. The zero-order valence-electron chi connectivity index (χ0n) is 16.3. The lowest BCUT2D eigenvalue weighted by molar-refractivity contribution is -0.384. The summed E-state index contributed by atoms with van der Waals surface area (Å²) in [4.78, 5) is 42.1. The Hall–Kier alpha value is -3.70. The number of hydrogen-bond donors (Lipinski definition) is 0. The van der Waals surface area contributed by atoms with E-state index in [-0.39, 0.29) is 24.2 Å². The zero-order valence-corrected chi connectivity index (χ0v) is 16.3. The molecule has 2 heterocycles. The van der Waals surface area contributed by atoms with Gasteiger partial charge in [-0.2, -0.15) is 13.2 Å². The van der Waals surface area contributed by atoms with Crippen molar-refractivity contribution in [3.63, 3.8) is 0 Å². The molecule has 2 aromatic rings. The van der Waals surface area contributed by atoms with Crippen LogP contribution in [-0.2, 0) is 10.9 Å². The van der Waals surface area contributed by atoms with Gasteiger partial charge in [0.1, 0.15) is 5.82 Å². The average Bonchev–Trinajstić information content (AvgIpc) is 2.77. The lowest BCUT2D eigenvalue weighted by Crippen LogP contribution is -2.49. The number of pyridine rings is 1. The van der Waals surface area contributed by atoms with E-state index < -0.39 is 34.2 Å². The fourth-order valence-electron chi connectivity index (χ4n) is 3.14. The number of rotatable bonds is 4. The summed E-state index contributed by atoms with van der Waals surface area (Å²) in [5.41, 5.74) is -1.42.